The monoisotopic (exact) mass is 294 g/mol. The predicted octanol–water partition coefficient (Wildman–Crippen LogP) is 4.35. The Morgan fingerprint density at radius 1 is 1.38 bits per heavy atom. The van der Waals surface area contributed by atoms with Gasteiger partial charge in [-0.1, -0.05) is 52.1 Å². The molecule has 0 bridgehead atoms. The number of unbranched alkanes of at least 4 members (excludes halogenated alkanes) is 2. The van der Waals surface area contributed by atoms with E-state index in [1.165, 1.54) is 19.3 Å². The van der Waals surface area contributed by atoms with E-state index in [4.69, 9.17) is 4.52 Å². The van der Waals surface area contributed by atoms with Gasteiger partial charge in [-0.2, -0.15) is 0 Å². The van der Waals surface area contributed by atoms with Gasteiger partial charge >= 0.3 is 0 Å². The number of carbonyl (C=O) groups excluding carboxylic acids is 1. The van der Waals surface area contributed by atoms with Gasteiger partial charge in [0.05, 0.1) is 0 Å². The topological polar surface area (TPSA) is 55.1 Å². The summed E-state index contributed by atoms with van der Waals surface area (Å²) in [6, 6.07) is 1.84. The molecule has 120 valence electrons. The predicted molar refractivity (Wildman–Crippen MR) is 85.3 cm³/mol. The zero-order valence-electron chi connectivity index (χ0n) is 14.2. The van der Waals surface area contributed by atoms with Crippen molar-refractivity contribution in [2.24, 2.45) is 5.41 Å². The Balaban J connectivity index is 2.63. The van der Waals surface area contributed by atoms with Crippen LogP contribution < -0.4 is 5.32 Å². The SMILES string of the molecule is CCCCCC(C)(CC)C(C)NC(=O)c1cc(CC)on1. The summed E-state index contributed by atoms with van der Waals surface area (Å²) in [5.74, 6) is 0.607. The molecule has 0 saturated carbocycles. The molecule has 4 nitrogen and oxygen atoms in total. The maximum absolute atomic E-state index is 12.2. The van der Waals surface area contributed by atoms with Crippen LogP contribution in [0.4, 0.5) is 0 Å². The van der Waals surface area contributed by atoms with Crippen molar-refractivity contribution in [1.82, 2.24) is 10.5 Å². The number of nitrogens with zero attached hydrogens (tertiary/aromatic N) is 1. The maximum Gasteiger partial charge on any atom is 0.273 e. The van der Waals surface area contributed by atoms with E-state index in [2.05, 4.69) is 38.2 Å². The molecule has 2 atom stereocenters. The number of hydrogen-bond donors (Lipinski definition) is 1. The van der Waals surface area contributed by atoms with Gasteiger partial charge in [-0.3, -0.25) is 4.79 Å². The van der Waals surface area contributed by atoms with Crippen LogP contribution in [-0.4, -0.2) is 17.1 Å². The Morgan fingerprint density at radius 3 is 2.62 bits per heavy atom. The Morgan fingerprint density at radius 2 is 2.10 bits per heavy atom. The van der Waals surface area contributed by atoms with Gasteiger partial charge in [0, 0.05) is 18.5 Å². The number of aryl methyl sites for hydroxylation is 1. The minimum Gasteiger partial charge on any atom is -0.361 e. The molecule has 1 amide bonds. The van der Waals surface area contributed by atoms with Crippen LogP contribution in [0.5, 0.6) is 0 Å². The molecule has 1 aromatic heterocycles. The molecule has 2 unspecified atom stereocenters. The van der Waals surface area contributed by atoms with E-state index in [1.54, 1.807) is 6.07 Å². The minimum atomic E-state index is -0.138. The summed E-state index contributed by atoms with van der Waals surface area (Å²) in [6.45, 7) is 10.7. The zero-order chi connectivity index (χ0) is 15.9. The number of hydrogen-bond acceptors (Lipinski definition) is 3. The van der Waals surface area contributed by atoms with Crippen molar-refractivity contribution < 1.29 is 9.32 Å². The van der Waals surface area contributed by atoms with Gasteiger partial charge in [0.25, 0.3) is 5.91 Å². The van der Waals surface area contributed by atoms with Gasteiger partial charge in [0.1, 0.15) is 5.76 Å². The largest absolute Gasteiger partial charge is 0.361 e. The second-order valence-corrected chi connectivity index (χ2v) is 6.19. The van der Waals surface area contributed by atoms with E-state index in [0.717, 1.165) is 25.0 Å². The van der Waals surface area contributed by atoms with E-state index in [0.29, 0.717) is 5.69 Å². The van der Waals surface area contributed by atoms with Crippen molar-refractivity contribution in [3.8, 4) is 0 Å². The Bertz CT molecular complexity index is 442. The van der Waals surface area contributed by atoms with Crippen molar-refractivity contribution in [3.63, 3.8) is 0 Å². The van der Waals surface area contributed by atoms with Gasteiger partial charge < -0.3 is 9.84 Å². The Labute approximate surface area is 128 Å². The molecule has 0 radical (unpaired) electrons. The molecule has 0 fully saturated rings. The third kappa shape index (κ3) is 4.87. The van der Waals surface area contributed by atoms with Crippen LogP contribution in [0.15, 0.2) is 10.6 Å². The van der Waals surface area contributed by atoms with E-state index >= 15 is 0 Å². The highest BCUT2D eigenvalue weighted by atomic mass is 16.5. The standard InChI is InChI=1S/C17H30N2O2/c1-6-9-10-11-17(5,8-3)13(4)18-16(20)15-12-14(7-2)21-19-15/h12-13H,6-11H2,1-5H3,(H,18,20). The zero-order valence-corrected chi connectivity index (χ0v) is 14.2. The lowest BCUT2D eigenvalue weighted by atomic mass is 9.76. The lowest BCUT2D eigenvalue weighted by Gasteiger charge is -2.35. The number of carbonyl (C=O) groups is 1. The van der Waals surface area contributed by atoms with Crippen molar-refractivity contribution in [1.29, 1.82) is 0 Å². The Kier molecular flexibility index (Phi) is 6.93. The first-order valence-corrected chi connectivity index (χ1v) is 8.23. The van der Waals surface area contributed by atoms with Gasteiger partial charge in [-0.05, 0) is 25.2 Å². The molecule has 1 heterocycles. The number of nitrogens with one attached hydrogen (secondary N) is 1. The minimum absolute atomic E-state index is 0.119. The third-order valence-electron chi connectivity index (χ3n) is 4.69. The fourth-order valence-corrected chi connectivity index (χ4v) is 2.51. The highest BCUT2D eigenvalue weighted by molar-refractivity contribution is 5.92. The lowest BCUT2D eigenvalue weighted by molar-refractivity contribution is 0.0874. The molecule has 4 heteroatoms. The molecule has 0 aromatic carbocycles. The molecular formula is C17H30N2O2. The van der Waals surface area contributed by atoms with Crippen LogP contribution in [0.2, 0.25) is 0 Å². The summed E-state index contributed by atoms with van der Waals surface area (Å²) in [5, 5.41) is 6.93. The van der Waals surface area contributed by atoms with Gasteiger partial charge in [0.2, 0.25) is 0 Å². The maximum atomic E-state index is 12.2. The third-order valence-corrected chi connectivity index (χ3v) is 4.69. The van der Waals surface area contributed by atoms with Crippen LogP contribution >= 0.6 is 0 Å². The van der Waals surface area contributed by atoms with Crippen LogP contribution in [0.1, 0.15) is 83.0 Å². The van der Waals surface area contributed by atoms with Gasteiger partial charge in [-0.25, -0.2) is 0 Å². The molecule has 1 rings (SSSR count). The van der Waals surface area contributed by atoms with Crippen molar-refractivity contribution in [3.05, 3.63) is 17.5 Å². The second-order valence-electron chi connectivity index (χ2n) is 6.19. The second kappa shape index (κ2) is 8.20. The van der Waals surface area contributed by atoms with Crippen LogP contribution in [0.25, 0.3) is 0 Å². The van der Waals surface area contributed by atoms with E-state index in [1.807, 2.05) is 6.92 Å². The first-order chi connectivity index (χ1) is 9.96. The van der Waals surface area contributed by atoms with Crippen LogP contribution in [-0.2, 0) is 6.42 Å². The van der Waals surface area contributed by atoms with Gasteiger partial charge in [-0.15, -0.1) is 0 Å². The highest BCUT2D eigenvalue weighted by Gasteiger charge is 2.30. The summed E-state index contributed by atoms with van der Waals surface area (Å²) in [7, 11) is 0. The number of rotatable bonds is 9. The summed E-state index contributed by atoms with van der Waals surface area (Å²) in [4.78, 5) is 12.2. The summed E-state index contributed by atoms with van der Waals surface area (Å²) < 4.78 is 5.10. The average Bonchev–Trinajstić information content (AvgIpc) is 2.96. The molecule has 0 aliphatic rings. The molecule has 0 aliphatic heterocycles. The lowest BCUT2D eigenvalue weighted by Crippen LogP contribution is -2.44. The normalized spacial score (nSPS) is 15.5. The molecule has 1 aromatic rings. The molecule has 21 heavy (non-hydrogen) atoms. The number of aromatic nitrogens is 1. The first-order valence-electron chi connectivity index (χ1n) is 8.23. The Hall–Kier alpha value is -1.32. The smallest absolute Gasteiger partial charge is 0.273 e. The first kappa shape index (κ1) is 17.7. The summed E-state index contributed by atoms with van der Waals surface area (Å²) in [6.07, 6.45) is 6.62. The van der Waals surface area contributed by atoms with Crippen molar-refractivity contribution in [2.75, 3.05) is 0 Å². The molecular weight excluding hydrogens is 264 g/mol. The summed E-state index contributed by atoms with van der Waals surface area (Å²) in [5.41, 5.74) is 0.507. The van der Waals surface area contributed by atoms with E-state index in [-0.39, 0.29) is 17.4 Å². The van der Waals surface area contributed by atoms with Crippen LogP contribution in [0, 0.1) is 5.41 Å². The van der Waals surface area contributed by atoms with Crippen molar-refractivity contribution in [2.45, 2.75) is 79.2 Å². The van der Waals surface area contributed by atoms with Gasteiger partial charge in [0.15, 0.2) is 5.69 Å². The van der Waals surface area contributed by atoms with Crippen LogP contribution in [0.3, 0.4) is 0 Å². The number of amides is 1. The molecule has 0 saturated heterocycles. The van der Waals surface area contributed by atoms with Crippen molar-refractivity contribution >= 4 is 5.91 Å². The molecule has 0 aliphatic carbocycles. The van der Waals surface area contributed by atoms with E-state index < -0.39 is 0 Å². The highest BCUT2D eigenvalue weighted by Crippen LogP contribution is 2.32. The quantitative estimate of drug-likeness (QED) is 0.689. The fraction of sp³-hybridized carbons (Fsp3) is 0.765. The van der Waals surface area contributed by atoms with E-state index in [9.17, 15) is 4.79 Å². The molecule has 1 N–H and O–H groups in total. The molecule has 0 spiro atoms. The summed E-state index contributed by atoms with van der Waals surface area (Å²) >= 11 is 0. The fourth-order valence-electron chi connectivity index (χ4n) is 2.51. The average molecular weight is 294 g/mol.